The van der Waals surface area contributed by atoms with Crippen LogP contribution in [0.2, 0.25) is 0 Å². The molecular formula is C13H12F2N4O2S. The number of fused-ring (bicyclic) bond motifs is 1. The Balaban J connectivity index is 1.67. The van der Waals surface area contributed by atoms with Gasteiger partial charge in [-0.25, -0.2) is 13.6 Å². The smallest absolute Gasteiger partial charge is 0.321 e. The molecule has 3 rings (SSSR count). The van der Waals surface area contributed by atoms with E-state index in [9.17, 15) is 18.7 Å². The molecule has 0 bridgehead atoms. The van der Waals surface area contributed by atoms with Gasteiger partial charge in [0.25, 0.3) is 6.43 Å². The van der Waals surface area contributed by atoms with Crippen LogP contribution < -0.4 is 10.6 Å². The third-order valence-electron chi connectivity index (χ3n) is 3.34. The summed E-state index contributed by atoms with van der Waals surface area (Å²) in [6, 6.07) is 6.23. The van der Waals surface area contributed by atoms with Crippen molar-refractivity contribution in [1.82, 2.24) is 15.5 Å². The molecule has 0 saturated heterocycles. The van der Waals surface area contributed by atoms with Crippen LogP contribution >= 0.6 is 11.3 Å². The van der Waals surface area contributed by atoms with Gasteiger partial charge in [-0.1, -0.05) is 35.6 Å². The van der Waals surface area contributed by atoms with E-state index in [0.29, 0.717) is 17.8 Å². The summed E-state index contributed by atoms with van der Waals surface area (Å²) >= 11 is 0.607. The molecule has 1 aliphatic carbocycles. The first-order valence-electron chi connectivity index (χ1n) is 6.49. The average molecular weight is 326 g/mol. The lowest BCUT2D eigenvalue weighted by molar-refractivity contribution is 0.144. The van der Waals surface area contributed by atoms with E-state index in [4.69, 9.17) is 0 Å². The number of urea groups is 1. The maximum Gasteiger partial charge on any atom is 0.321 e. The predicted octanol–water partition coefficient (Wildman–Crippen LogP) is 2.26. The van der Waals surface area contributed by atoms with E-state index in [0.717, 1.165) is 11.1 Å². The summed E-state index contributed by atoms with van der Waals surface area (Å²) in [5.74, 6) is 0. The molecule has 0 saturated carbocycles. The number of aliphatic hydroxyl groups is 1. The Hall–Kier alpha value is -2.13. The van der Waals surface area contributed by atoms with Gasteiger partial charge in [0.1, 0.15) is 0 Å². The van der Waals surface area contributed by atoms with Gasteiger partial charge in [0.05, 0.1) is 12.1 Å². The van der Waals surface area contributed by atoms with Crippen molar-refractivity contribution in [2.75, 3.05) is 5.32 Å². The predicted molar refractivity (Wildman–Crippen MR) is 75.9 cm³/mol. The van der Waals surface area contributed by atoms with Gasteiger partial charge in [0.2, 0.25) is 5.13 Å². The Kier molecular flexibility index (Phi) is 3.99. The van der Waals surface area contributed by atoms with Crippen molar-refractivity contribution in [1.29, 1.82) is 0 Å². The van der Waals surface area contributed by atoms with E-state index in [-0.39, 0.29) is 5.13 Å². The molecule has 1 aromatic heterocycles. The fourth-order valence-corrected chi connectivity index (χ4v) is 2.99. The SMILES string of the molecule is O=C(Nc1nnc(C(F)F)s1)N[C@@H]1c2ccccc2C[C@@H]1O. The van der Waals surface area contributed by atoms with Crippen molar-refractivity contribution in [2.24, 2.45) is 0 Å². The lowest BCUT2D eigenvalue weighted by Gasteiger charge is -2.17. The van der Waals surface area contributed by atoms with Crippen molar-refractivity contribution in [3.8, 4) is 0 Å². The summed E-state index contributed by atoms with van der Waals surface area (Å²) in [7, 11) is 0. The number of carbonyl (C=O) groups is 1. The number of nitrogens with one attached hydrogen (secondary N) is 2. The van der Waals surface area contributed by atoms with E-state index in [1.165, 1.54) is 0 Å². The van der Waals surface area contributed by atoms with Crippen LogP contribution in [0.5, 0.6) is 0 Å². The Bertz CT molecular complexity index is 694. The molecule has 2 atom stereocenters. The zero-order chi connectivity index (χ0) is 15.7. The fraction of sp³-hybridized carbons (Fsp3) is 0.308. The van der Waals surface area contributed by atoms with E-state index in [1.807, 2.05) is 24.3 Å². The first-order chi connectivity index (χ1) is 10.5. The normalized spacial score (nSPS) is 20.0. The topological polar surface area (TPSA) is 87.1 Å². The van der Waals surface area contributed by atoms with Gasteiger partial charge >= 0.3 is 6.03 Å². The van der Waals surface area contributed by atoms with Crippen LogP contribution in [0.15, 0.2) is 24.3 Å². The number of aliphatic hydroxyl groups excluding tert-OH is 1. The number of nitrogens with zero attached hydrogens (tertiary/aromatic N) is 2. The third-order valence-corrected chi connectivity index (χ3v) is 4.18. The van der Waals surface area contributed by atoms with E-state index in [2.05, 4.69) is 20.8 Å². The van der Waals surface area contributed by atoms with Gasteiger partial charge in [-0.15, -0.1) is 10.2 Å². The van der Waals surface area contributed by atoms with Crippen LogP contribution in [0, 0.1) is 0 Å². The number of anilines is 1. The second kappa shape index (κ2) is 5.93. The Morgan fingerprint density at radius 2 is 2.14 bits per heavy atom. The third kappa shape index (κ3) is 2.90. The molecule has 1 aromatic carbocycles. The summed E-state index contributed by atoms with van der Waals surface area (Å²) in [6.07, 6.45) is -3.00. The number of hydrogen-bond donors (Lipinski definition) is 3. The molecule has 22 heavy (non-hydrogen) atoms. The molecule has 3 N–H and O–H groups in total. The largest absolute Gasteiger partial charge is 0.390 e. The Morgan fingerprint density at radius 1 is 1.36 bits per heavy atom. The van der Waals surface area contributed by atoms with Gasteiger partial charge < -0.3 is 10.4 Å². The number of halogens is 2. The molecular weight excluding hydrogens is 314 g/mol. The minimum atomic E-state index is -2.72. The quantitative estimate of drug-likeness (QED) is 0.807. The average Bonchev–Trinajstić information content (AvgIpc) is 3.05. The molecule has 0 unspecified atom stereocenters. The van der Waals surface area contributed by atoms with Crippen LogP contribution in [0.1, 0.15) is 28.6 Å². The van der Waals surface area contributed by atoms with Gasteiger partial charge in [0, 0.05) is 6.42 Å². The van der Waals surface area contributed by atoms with E-state index < -0.39 is 29.6 Å². The summed E-state index contributed by atoms with van der Waals surface area (Å²) in [5.41, 5.74) is 1.81. The molecule has 1 aliphatic rings. The van der Waals surface area contributed by atoms with E-state index in [1.54, 1.807) is 0 Å². The minimum absolute atomic E-state index is 0.0198. The summed E-state index contributed by atoms with van der Waals surface area (Å²) in [6.45, 7) is 0. The van der Waals surface area contributed by atoms with Crippen LogP contribution in [0.4, 0.5) is 18.7 Å². The number of rotatable bonds is 3. The van der Waals surface area contributed by atoms with Crippen molar-refractivity contribution in [3.05, 3.63) is 40.4 Å². The fourth-order valence-electron chi connectivity index (χ4n) is 2.40. The van der Waals surface area contributed by atoms with Crippen LogP contribution in [-0.4, -0.2) is 27.4 Å². The maximum atomic E-state index is 12.4. The Labute approximate surface area is 128 Å². The molecule has 1 heterocycles. The maximum absolute atomic E-state index is 12.4. The molecule has 0 radical (unpaired) electrons. The van der Waals surface area contributed by atoms with Crippen LogP contribution in [0.25, 0.3) is 0 Å². The number of alkyl halides is 2. The summed E-state index contributed by atoms with van der Waals surface area (Å²) in [5, 5.41) is 21.3. The van der Waals surface area contributed by atoms with E-state index >= 15 is 0 Å². The van der Waals surface area contributed by atoms with Gasteiger partial charge in [0.15, 0.2) is 5.01 Å². The highest BCUT2D eigenvalue weighted by Gasteiger charge is 2.32. The first kappa shape index (κ1) is 14.8. The van der Waals surface area contributed by atoms with Crippen molar-refractivity contribution < 1.29 is 18.7 Å². The molecule has 0 fully saturated rings. The zero-order valence-electron chi connectivity index (χ0n) is 11.2. The highest BCUT2D eigenvalue weighted by atomic mass is 32.1. The second-order valence-corrected chi connectivity index (χ2v) is 5.80. The summed E-state index contributed by atoms with van der Waals surface area (Å²) in [4.78, 5) is 11.9. The lowest BCUT2D eigenvalue weighted by Crippen LogP contribution is -2.36. The molecule has 2 aromatic rings. The number of hydrogen-bond acceptors (Lipinski definition) is 5. The minimum Gasteiger partial charge on any atom is -0.390 e. The molecule has 116 valence electrons. The zero-order valence-corrected chi connectivity index (χ0v) is 12.0. The number of carbonyl (C=O) groups excluding carboxylic acids is 1. The molecule has 0 aliphatic heterocycles. The second-order valence-electron chi connectivity index (χ2n) is 4.79. The monoisotopic (exact) mass is 326 g/mol. The van der Waals surface area contributed by atoms with Crippen molar-refractivity contribution in [2.45, 2.75) is 25.0 Å². The molecule has 0 spiro atoms. The highest BCUT2D eigenvalue weighted by Crippen LogP contribution is 2.31. The highest BCUT2D eigenvalue weighted by molar-refractivity contribution is 7.15. The molecule has 9 heteroatoms. The molecule has 2 amide bonds. The van der Waals surface area contributed by atoms with Crippen molar-refractivity contribution in [3.63, 3.8) is 0 Å². The van der Waals surface area contributed by atoms with Gasteiger partial charge in [-0.3, -0.25) is 5.32 Å². The van der Waals surface area contributed by atoms with Gasteiger partial charge in [-0.05, 0) is 11.1 Å². The molecule has 6 nitrogen and oxygen atoms in total. The van der Waals surface area contributed by atoms with Crippen molar-refractivity contribution >= 4 is 22.5 Å². The number of amides is 2. The standard InChI is InChI=1S/C13H12F2N4O2S/c14-10(15)11-18-19-13(22-11)17-12(21)16-9-7-4-2-1-3-6(7)5-8(9)20/h1-4,8-10,20H,5H2,(H2,16,17,19,21)/t8-,9+/m0/s1. The lowest BCUT2D eigenvalue weighted by atomic mass is 10.1. The first-order valence-corrected chi connectivity index (χ1v) is 7.31. The van der Waals surface area contributed by atoms with Crippen LogP contribution in [0.3, 0.4) is 0 Å². The van der Waals surface area contributed by atoms with Gasteiger partial charge in [-0.2, -0.15) is 0 Å². The number of benzene rings is 1. The Morgan fingerprint density at radius 3 is 2.86 bits per heavy atom. The van der Waals surface area contributed by atoms with Crippen LogP contribution in [-0.2, 0) is 6.42 Å². The summed E-state index contributed by atoms with van der Waals surface area (Å²) < 4.78 is 24.8. The number of aromatic nitrogens is 2.